The number of nitrogens with one attached hydrogen (secondary N) is 1. The number of nitrogen functional groups attached to an aromatic ring is 1. The number of aromatic nitrogens is 3. The summed E-state index contributed by atoms with van der Waals surface area (Å²) in [6.45, 7) is 4.15. The number of sulfone groups is 1. The van der Waals surface area contributed by atoms with Gasteiger partial charge in [0.15, 0.2) is 9.84 Å². The Morgan fingerprint density at radius 1 is 1.09 bits per heavy atom. The van der Waals surface area contributed by atoms with Crippen LogP contribution in [0, 0.1) is 13.8 Å². The Morgan fingerprint density at radius 3 is 2.62 bits per heavy atom. The Bertz CT molecular complexity index is 1490. The lowest BCUT2D eigenvalue weighted by molar-refractivity contribution is 0.0950. The number of pyridine rings is 3. The van der Waals surface area contributed by atoms with E-state index in [-0.39, 0.29) is 10.8 Å². The predicted molar refractivity (Wildman–Crippen MR) is 131 cm³/mol. The molecule has 174 valence electrons. The summed E-state index contributed by atoms with van der Waals surface area (Å²) >= 11 is 0. The molecule has 3 aromatic heterocycles. The van der Waals surface area contributed by atoms with Crippen LogP contribution in [-0.4, -0.2) is 35.5 Å². The molecule has 0 spiro atoms. The van der Waals surface area contributed by atoms with Gasteiger partial charge < -0.3 is 11.1 Å². The van der Waals surface area contributed by atoms with E-state index in [0.29, 0.717) is 35.6 Å². The van der Waals surface area contributed by atoms with Gasteiger partial charge in [-0.2, -0.15) is 0 Å². The fourth-order valence-corrected chi connectivity index (χ4v) is 4.77. The average molecular weight is 476 g/mol. The topological polar surface area (TPSA) is 128 Å². The van der Waals surface area contributed by atoms with Crippen molar-refractivity contribution in [2.24, 2.45) is 0 Å². The zero-order valence-electron chi connectivity index (χ0n) is 19.2. The summed E-state index contributed by atoms with van der Waals surface area (Å²) in [5, 5.41) is 3.67. The lowest BCUT2D eigenvalue weighted by Crippen LogP contribution is -2.24. The first-order valence-electron chi connectivity index (χ1n) is 10.7. The number of hydrogen-bond donors (Lipinski definition) is 2. The highest BCUT2D eigenvalue weighted by molar-refractivity contribution is 7.91. The molecular weight excluding hydrogens is 450 g/mol. The van der Waals surface area contributed by atoms with Gasteiger partial charge in [0, 0.05) is 54.0 Å². The van der Waals surface area contributed by atoms with E-state index < -0.39 is 9.84 Å². The van der Waals surface area contributed by atoms with Gasteiger partial charge in [-0.15, -0.1) is 0 Å². The van der Waals surface area contributed by atoms with Crippen LogP contribution >= 0.6 is 0 Å². The Morgan fingerprint density at radius 2 is 1.88 bits per heavy atom. The van der Waals surface area contributed by atoms with Gasteiger partial charge in [-0.05, 0) is 60.9 Å². The molecule has 0 saturated carbocycles. The number of hydrogen-bond acceptors (Lipinski definition) is 7. The quantitative estimate of drug-likeness (QED) is 0.438. The Labute approximate surface area is 198 Å². The highest BCUT2D eigenvalue weighted by Gasteiger charge is 2.14. The van der Waals surface area contributed by atoms with Crippen molar-refractivity contribution in [1.82, 2.24) is 20.3 Å². The molecule has 0 atom stereocenters. The molecule has 0 fully saturated rings. The van der Waals surface area contributed by atoms with Crippen molar-refractivity contribution in [3.8, 4) is 0 Å². The first-order chi connectivity index (χ1) is 16.1. The number of para-hydroxylation sites is 1. The third-order valence-corrected chi connectivity index (χ3v) is 6.72. The Hall–Kier alpha value is -3.85. The minimum atomic E-state index is -3.38. The molecule has 0 saturated heterocycles. The monoisotopic (exact) mass is 475 g/mol. The van der Waals surface area contributed by atoms with Crippen molar-refractivity contribution in [2.75, 3.05) is 12.0 Å². The number of aryl methyl sites for hydroxylation is 2. The smallest absolute Gasteiger partial charge is 0.251 e. The lowest BCUT2D eigenvalue weighted by Gasteiger charge is -2.12. The molecule has 34 heavy (non-hydrogen) atoms. The van der Waals surface area contributed by atoms with E-state index in [1.807, 2.05) is 26.0 Å². The molecule has 8 nitrogen and oxygen atoms in total. The van der Waals surface area contributed by atoms with Crippen molar-refractivity contribution in [2.45, 2.75) is 31.7 Å². The number of nitrogens with zero attached hydrogens (tertiary/aromatic N) is 3. The number of rotatable bonds is 6. The van der Waals surface area contributed by atoms with E-state index in [2.05, 4.69) is 20.3 Å². The number of carbonyl (C=O) groups is 1. The molecular formula is C25H25N5O3S. The van der Waals surface area contributed by atoms with Crippen molar-refractivity contribution >= 4 is 32.5 Å². The third-order valence-electron chi connectivity index (χ3n) is 5.59. The number of nitrogens with two attached hydrogens (primary N) is 1. The molecule has 4 aromatic rings. The van der Waals surface area contributed by atoms with Crippen molar-refractivity contribution in [1.29, 1.82) is 0 Å². The molecule has 0 aliphatic heterocycles. The minimum absolute atomic E-state index is 0.204. The molecule has 3 N–H and O–H groups in total. The molecule has 0 aliphatic rings. The number of carbonyl (C=O) groups excluding carboxylic acids is 1. The van der Waals surface area contributed by atoms with Gasteiger partial charge in [-0.1, -0.05) is 12.1 Å². The van der Waals surface area contributed by atoms with Crippen LogP contribution < -0.4 is 11.1 Å². The maximum absolute atomic E-state index is 12.8. The van der Waals surface area contributed by atoms with E-state index in [9.17, 15) is 13.2 Å². The van der Waals surface area contributed by atoms with Crippen LogP contribution in [0.15, 0.2) is 59.8 Å². The van der Waals surface area contributed by atoms with Crippen molar-refractivity contribution in [3.63, 3.8) is 0 Å². The van der Waals surface area contributed by atoms with E-state index in [4.69, 9.17) is 5.73 Å². The van der Waals surface area contributed by atoms with Gasteiger partial charge >= 0.3 is 0 Å². The lowest BCUT2D eigenvalue weighted by atomic mass is 10.1. The van der Waals surface area contributed by atoms with Crippen LogP contribution in [0.3, 0.4) is 0 Å². The van der Waals surface area contributed by atoms with Gasteiger partial charge in [0.1, 0.15) is 5.82 Å². The molecule has 0 unspecified atom stereocenters. The summed E-state index contributed by atoms with van der Waals surface area (Å²) in [7, 11) is -3.38. The van der Waals surface area contributed by atoms with Gasteiger partial charge in [-0.25, -0.2) is 13.4 Å². The summed E-state index contributed by atoms with van der Waals surface area (Å²) in [6, 6.07) is 12.2. The number of benzene rings is 1. The van der Waals surface area contributed by atoms with Gasteiger partial charge in [0.05, 0.1) is 10.4 Å². The van der Waals surface area contributed by atoms with E-state index in [1.165, 1.54) is 6.26 Å². The highest BCUT2D eigenvalue weighted by atomic mass is 32.2. The molecule has 4 rings (SSSR count). The molecule has 0 radical (unpaired) electrons. The average Bonchev–Trinajstić information content (AvgIpc) is 2.77. The molecule has 3 heterocycles. The summed E-state index contributed by atoms with van der Waals surface area (Å²) in [6.07, 6.45) is 4.87. The largest absolute Gasteiger partial charge is 0.384 e. The summed E-state index contributed by atoms with van der Waals surface area (Å²) < 4.78 is 24.0. The second-order valence-corrected chi connectivity index (χ2v) is 10.3. The maximum atomic E-state index is 12.8. The summed E-state index contributed by atoms with van der Waals surface area (Å²) in [5.41, 5.74) is 11.0. The van der Waals surface area contributed by atoms with Crippen molar-refractivity contribution < 1.29 is 13.2 Å². The molecule has 9 heteroatoms. The zero-order valence-corrected chi connectivity index (χ0v) is 20.0. The highest BCUT2D eigenvalue weighted by Crippen LogP contribution is 2.23. The van der Waals surface area contributed by atoms with E-state index >= 15 is 0 Å². The van der Waals surface area contributed by atoms with E-state index in [1.54, 1.807) is 42.7 Å². The molecule has 1 amide bonds. The standard InChI is InChI=1S/C25H25N5O3S/c1-15-9-23(26)30-16(2)21(15)14-29-25(31)19-7-8-27-20(12-19)11-17-10-18-5-4-6-22(34(3,32)33)24(18)28-13-17/h4-10,12-13H,11,14H2,1-3H3,(H2,26,30)(H,29,31). The normalized spacial score (nSPS) is 11.5. The fraction of sp³-hybridized carbons (Fsp3) is 0.200. The van der Waals surface area contributed by atoms with Crippen LogP contribution in [0.25, 0.3) is 10.9 Å². The Balaban J connectivity index is 1.52. The van der Waals surface area contributed by atoms with E-state index in [0.717, 1.165) is 27.8 Å². The van der Waals surface area contributed by atoms with Gasteiger partial charge in [0.25, 0.3) is 5.91 Å². The van der Waals surface area contributed by atoms with Gasteiger partial charge in [-0.3, -0.25) is 14.8 Å². The summed E-state index contributed by atoms with van der Waals surface area (Å²) in [4.78, 5) is 26.0. The number of fused-ring (bicyclic) bond motifs is 1. The minimum Gasteiger partial charge on any atom is -0.384 e. The van der Waals surface area contributed by atoms with Crippen LogP contribution in [0.4, 0.5) is 5.82 Å². The Kier molecular flexibility index (Phi) is 6.30. The zero-order chi connectivity index (χ0) is 24.5. The van der Waals surface area contributed by atoms with Gasteiger partial charge in [0.2, 0.25) is 0 Å². The molecule has 1 aromatic carbocycles. The second kappa shape index (κ2) is 9.18. The second-order valence-electron chi connectivity index (χ2n) is 8.27. The third kappa shape index (κ3) is 5.04. The first-order valence-corrected chi connectivity index (χ1v) is 12.5. The predicted octanol–water partition coefficient (Wildman–Crippen LogP) is 3.15. The molecule has 0 bridgehead atoms. The SMILES string of the molecule is Cc1cc(N)nc(C)c1CNC(=O)c1ccnc(Cc2cnc3c(S(C)(=O)=O)cccc3c2)c1. The van der Waals surface area contributed by atoms with Crippen LogP contribution in [0.2, 0.25) is 0 Å². The maximum Gasteiger partial charge on any atom is 0.251 e. The number of amides is 1. The first kappa shape index (κ1) is 23.3. The summed E-state index contributed by atoms with van der Waals surface area (Å²) in [5.74, 6) is 0.244. The number of anilines is 1. The molecule has 0 aliphatic carbocycles. The van der Waals surface area contributed by atoms with Crippen molar-refractivity contribution in [3.05, 3.63) is 88.5 Å². The van der Waals surface area contributed by atoms with Crippen LogP contribution in [0.1, 0.15) is 38.4 Å². The van der Waals surface area contributed by atoms with Crippen LogP contribution in [-0.2, 0) is 22.8 Å². The van der Waals surface area contributed by atoms with Crippen LogP contribution in [0.5, 0.6) is 0 Å². The fourth-order valence-electron chi connectivity index (χ4n) is 3.93.